The maximum Gasteiger partial charge on any atom is 0.119 e. The van der Waals surface area contributed by atoms with Gasteiger partial charge in [0.15, 0.2) is 0 Å². The molecule has 0 saturated carbocycles. The van der Waals surface area contributed by atoms with Gasteiger partial charge < -0.3 is 4.57 Å². The van der Waals surface area contributed by atoms with Crippen molar-refractivity contribution in [3.8, 4) is 0 Å². The Hall–Kier alpha value is -1.71. The molecule has 19 heavy (non-hydrogen) atoms. The standard InChI is InChI=1S/C15H15ClN2O/c1-2-17-14-6-4-3-5-12(14)13-9-11(18(19)10-16)7-8-15(13)17/h3-9,19H,2,10H2,1H3. The Morgan fingerprint density at radius 3 is 2.58 bits per heavy atom. The number of alkyl halides is 1. The molecule has 4 heteroatoms. The second-order valence-electron chi connectivity index (χ2n) is 4.48. The van der Waals surface area contributed by atoms with Crippen LogP contribution < -0.4 is 5.06 Å². The fraction of sp³-hybridized carbons (Fsp3) is 0.200. The fourth-order valence-electron chi connectivity index (χ4n) is 2.61. The van der Waals surface area contributed by atoms with Crippen LogP contribution in [-0.2, 0) is 6.54 Å². The van der Waals surface area contributed by atoms with Crippen molar-refractivity contribution in [2.45, 2.75) is 13.5 Å². The monoisotopic (exact) mass is 274 g/mol. The average Bonchev–Trinajstić information content (AvgIpc) is 2.79. The number of para-hydroxylation sites is 1. The lowest BCUT2D eigenvalue weighted by molar-refractivity contribution is 0.273. The maximum absolute atomic E-state index is 9.72. The number of nitrogens with zero attached hydrogens (tertiary/aromatic N) is 2. The van der Waals surface area contributed by atoms with Gasteiger partial charge in [-0.15, -0.1) is 11.6 Å². The van der Waals surface area contributed by atoms with Gasteiger partial charge in [0.25, 0.3) is 0 Å². The molecule has 3 aromatic rings. The third-order valence-electron chi connectivity index (χ3n) is 3.48. The Balaban J connectivity index is 2.36. The number of hydroxylamine groups is 1. The van der Waals surface area contributed by atoms with Crippen LogP contribution in [0.1, 0.15) is 6.92 Å². The van der Waals surface area contributed by atoms with Gasteiger partial charge in [0.2, 0.25) is 0 Å². The normalized spacial score (nSPS) is 11.3. The Morgan fingerprint density at radius 1 is 1.11 bits per heavy atom. The highest BCUT2D eigenvalue weighted by atomic mass is 35.5. The van der Waals surface area contributed by atoms with E-state index in [2.05, 4.69) is 23.6 Å². The molecule has 0 radical (unpaired) electrons. The van der Waals surface area contributed by atoms with Gasteiger partial charge in [-0.25, -0.2) is 5.06 Å². The summed E-state index contributed by atoms with van der Waals surface area (Å²) in [6, 6.07) is 14.3. The number of halogens is 1. The Morgan fingerprint density at radius 2 is 1.84 bits per heavy atom. The van der Waals surface area contributed by atoms with Gasteiger partial charge in [-0.2, -0.15) is 0 Å². The third-order valence-corrected chi connectivity index (χ3v) is 3.71. The molecule has 0 bridgehead atoms. The Bertz CT molecular complexity index is 735. The number of hydrogen-bond donors (Lipinski definition) is 1. The fourth-order valence-corrected chi connectivity index (χ4v) is 2.75. The lowest BCUT2D eigenvalue weighted by atomic mass is 10.1. The van der Waals surface area contributed by atoms with Gasteiger partial charge >= 0.3 is 0 Å². The lowest BCUT2D eigenvalue weighted by Gasteiger charge is -2.13. The van der Waals surface area contributed by atoms with Crippen molar-refractivity contribution >= 4 is 39.1 Å². The van der Waals surface area contributed by atoms with Crippen molar-refractivity contribution in [2.24, 2.45) is 0 Å². The number of benzene rings is 2. The van der Waals surface area contributed by atoms with Crippen LogP contribution in [0.5, 0.6) is 0 Å². The van der Waals surface area contributed by atoms with E-state index in [-0.39, 0.29) is 6.00 Å². The Kier molecular flexibility index (Phi) is 3.09. The highest BCUT2D eigenvalue weighted by Gasteiger charge is 2.11. The zero-order chi connectivity index (χ0) is 13.4. The van der Waals surface area contributed by atoms with Crippen molar-refractivity contribution in [3.05, 3.63) is 42.5 Å². The van der Waals surface area contributed by atoms with E-state index in [1.54, 1.807) is 0 Å². The molecule has 0 aliphatic rings. The molecule has 1 N–H and O–H groups in total. The van der Waals surface area contributed by atoms with Gasteiger partial charge in [0.1, 0.15) is 6.00 Å². The second-order valence-corrected chi connectivity index (χ2v) is 4.72. The van der Waals surface area contributed by atoms with Crippen LogP contribution in [0.25, 0.3) is 21.8 Å². The summed E-state index contributed by atoms with van der Waals surface area (Å²) in [5.74, 6) is 0. The summed E-state index contributed by atoms with van der Waals surface area (Å²) in [4.78, 5) is 0. The molecule has 1 aromatic heterocycles. The molecule has 0 fully saturated rings. The molecule has 0 amide bonds. The van der Waals surface area contributed by atoms with Crippen LogP contribution in [0.15, 0.2) is 42.5 Å². The molecule has 0 saturated heterocycles. The SMILES string of the molecule is CCn1c2ccccc2c2cc(N(O)CCl)ccc21. The summed E-state index contributed by atoms with van der Waals surface area (Å²) in [6.45, 7) is 3.05. The molecular formula is C15H15ClN2O. The number of aromatic nitrogens is 1. The second kappa shape index (κ2) is 4.76. The van der Waals surface area contributed by atoms with Crippen LogP contribution in [0.4, 0.5) is 5.69 Å². The zero-order valence-corrected chi connectivity index (χ0v) is 11.4. The van der Waals surface area contributed by atoms with Crippen LogP contribution in [0, 0.1) is 0 Å². The third kappa shape index (κ3) is 1.86. The molecule has 2 aromatic carbocycles. The largest absolute Gasteiger partial charge is 0.341 e. The van der Waals surface area contributed by atoms with Gasteiger partial charge in [0, 0.05) is 28.4 Å². The van der Waals surface area contributed by atoms with Crippen LogP contribution in [-0.4, -0.2) is 15.8 Å². The molecule has 0 unspecified atom stereocenters. The lowest BCUT2D eigenvalue weighted by Crippen LogP contribution is -2.14. The molecule has 3 nitrogen and oxygen atoms in total. The number of hydrogen-bond acceptors (Lipinski definition) is 2. The minimum Gasteiger partial charge on any atom is -0.341 e. The van der Waals surface area contributed by atoms with Crippen LogP contribution in [0.3, 0.4) is 0 Å². The molecular weight excluding hydrogens is 260 g/mol. The quantitative estimate of drug-likeness (QED) is 0.440. The molecule has 98 valence electrons. The van der Waals surface area contributed by atoms with Crippen LogP contribution >= 0.6 is 11.6 Å². The van der Waals surface area contributed by atoms with E-state index < -0.39 is 0 Å². The zero-order valence-electron chi connectivity index (χ0n) is 10.7. The molecule has 0 atom stereocenters. The van der Waals surface area contributed by atoms with Crippen molar-refractivity contribution in [2.75, 3.05) is 11.1 Å². The average molecular weight is 275 g/mol. The molecule has 3 rings (SSSR count). The first-order valence-electron chi connectivity index (χ1n) is 6.29. The first-order chi connectivity index (χ1) is 9.26. The number of aryl methyl sites for hydroxylation is 1. The van der Waals surface area contributed by atoms with E-state index in [1.807, 2.05) is 30.3 Å². The minimum atomic E-state index is 0.0535. The van der Waals surface area contributed by atoms with E-state index in [4.69, 9.17) is 11.6 Å². The number of fused-ring (bicyclic) bond motifs is 3. The summed E-state index contributed by atoms with van der Waals surface area (Å²) in [5, 5.41) is 13.1. The van der Waals surface area contributed by atoms with Crippen molar-refractivity contribution < 1.29 is 5.21 Å². The van der Waals surface area contributed by atoms with E-state index >= 15 is 0 Å². The van der Waals surface area contributed by atoms with E-state index in [1.165, 1.54) is 16.4 Å². The minimum absolute atomic E-state index is 0.0535. The van der Waals surface area contributed by atoms with E-state index in [9.17, 15) is 5.21 Å². The van der Waals surface area contributed by atoms with E-state index in [0.717, 1.165) is 17.0 Å². The molecule has 0 aliphatic heterocycles. The summed E-state index contributed by atoms with van der Waals surface area (Å²) in [7, 11) is 0. The van der Waals surface area contributed by atoms with E-state index in [0.29, 0.717) is 5.69 Å². The topological polar surface area (TPSA) is 28.4 Å². The highest BCUT2D eigenvalue weighted by Crippen LogP contribution is 2.31. The summed E-state index contributed by atoms with van der Waals surface area (Å²) in [6.07, 6.45) is 0. The van der Waals surface area contributed by atoms with Crippen molar-refractivity contribution in [1.29, 1.82) is 0 Å². The predicted octanol–water partition coefficient (Wildman–Crippen LogP) is 4.21. The maximum atomic E-state index is 9.72. The van der Waals surface area contributed by atoms with Gasteiger partial charge in [-0.3, -0.25) is 5.21 Å². The molecule has 0 spiro atoms. The van der Waals surface area contributed by atoms with Crippen molar-refractivity contribution in [1.82, 2.24) is 4.57 Å². The first kappa shape index (κ1) is 12.3. The van der Waals surface area contributed by atoms with Gasteiger partial charge in [0.05, 0.1) is 5.69 Å². The van der Waals surface area contributed by atoms with Crippen LogP contribution in [0.2, 0.25) is 0 Å². The first-order valence-corrected chi connectivity index (χ1v) is 6.83. The summed E-state index contributed by atoms with van der Waals surface area (Å²) >= 11 is 5.66. The van der Waals surface area contributed by atoms with Gasteiger partial charge in [-0.1, -0.05) is 18.2 Å². The highest BCUT2D eigenvalue weighted by molar-refractivity contribution is 6.19. The summed E-state index contributed by atoms with van der Waals surface area (Å²) in [5.41, 5.74) is 3.10. The van der Waals surface area contributed by atoms with Gasteiger partial charge in [-0.05, 0) is 31.2 Å². The summed E-state index contributed by atoms with van der Waals surface area (Å²) < 4.78 is 2.27. The predicted molar refractivity (Wildman–Crippen MR) is 80.1 cm³/mol. The van der Waals surface area contributed by atoms with Crippen molar-refractivity contribution in [3.63, 3.8) is 0 Å². The molecule has 1 heterocycles. The number of anilines is 1. The smallest absolute Gasteiger partial charge is 0.119 e. The number of rotatable bonds is 3. The Labute approximate surface area is 116 Å². The molecule has 0 aliphatic carbocycles.